The molecule has 0 aliphatic heterocycles. The van der Waals surface area contributed by atoms with Crippen molar-refractivity contribution in [2.75, 3.05) is 0 Å². The van der Waals surface area contributed by atoms with Gasteiger partial charge in [0.15, 0.2) is 0 Å². The van der Waals surface area contributed by atoms with Crippen LogP contribution in [-0.4, -0.2) is 15.8 Å². The first-order chi connectivity index (χ1) is 5.58. The van der Waals surface area contributed by atoms with E-state index in [-0.39, 0.29) is 6.04 Å². The zero-order chi connectivity index (χ0) is 9.03. The highest BCUT2D eigenvalue weighted by atomic mass is 31.2. The van der Waals surface area contributed by atoms with Crippen LogP contribution in [0.5, 0.6) is 0 Å². The fourth-order valence-corrected chi connectivity index (χ4v) is 1.77. The van der Waals surface area contributed by atoms with Crippen LogP contribution in [-0.2, 0) is 4.57 Å². The molecular weight excluding hydrogens is 179 g/mol. The number of hydrogen-bond acceptors (Lipinski definition) is 2. The van der Waals surface area contributed by atoms with Crippen LogP contribution in [0.3, 0.4) is 0 Å². The molecule has 0 aromatic heterocycles. The summed E-state index contributed by atoms with van der Waals surface area (Å²) < 4.78 is 10.4. The van der Waals surface area contributed by atoms with Gasteiger partial charge < -0.3 is 9.79 Å². The highest BCUT2D eigenvalue weighted by Crippen LogP contribution is 2.27. The van der Waals surface area contributed by atoms with Crippen LogP contribution in [0.25, 0.3) is 0 Å². The van der Waals surface area contributed by atoms with Crippen LogP contribution >= 0.6 is 7.75 Å². The topological polar surface area (TPSA) is 81.6 Å². The van der Waals surface area contributed by atoms with E-state index in [1.165, 1.54) is 6.42 Å². The third kappa shape index (κ3) is 4.18. The van der Waals surface area contributed by atoms with Crippen molar-refractivity contribution in [1.82, 2.24) is 10.6 Å². The van der Waals surface area contributed by atoms with E-state index in [1.54, 1.807) is 0 Å². The molecule has 0 amide bonds. The van der Waals surface area contributed by atoms with Crippen molar-refractivity contribution in [2.45, 2.75) is 38.1 Å². The maximum Gasteiger partial charge on any atom is 0.413 e. The first-order valence-corrected chi connectivity index (χ1v) is 5.77. The van der Waals surface area contributed by atoms with E-state index in [4.69, 9.17) is 9.79 Å². The predicted octanol–water partition coefficient (Wildman–Crippen LogP) is 0.506. The fourth-order valence-electron chi connectivity index (χ4n) is 1.42. The molecule has 1 rings (SSSR count). The Bertz CT molecular complexity index is 176. The zero-order valence-corrected chi connectivity index (χ0v) is 7.76. The van der Waals surface area contributed by atoms with Crippen molar-refractivity contribution in [3.63, 3.8) is 0 Å². The summed E-state index contributed by atoms with van der Waals surface area (Å²) in [7, 11) is -4.09. The lowest BCUT2D eigenvalue weighted by Crippen LogP contribution is -2.39. The predicted molar refractivity (Wildman–Crippen MR) is 45.2 cm³/mol. The Hall–Kier alpha value is 0.0700. The van der Waals surface area contributed by atoms with Gasteiger partial charge in [-0.1, -0.05) is 19.3 Å². The molecule has 4 N–H and O–H groups in total. The van der Waals surface area contributed by atoms with Crippen molar-refractivity contribution >= 4 is 7.75 Å². The SMILES string of the molecule is O=P(O)(O)NNC1CCCCC1. The molecule has 1 saturated carbocycles. The summed E-state index contributed by atoms with van der Waals surface area (Å²) in [4.78, 5) is 17.0. The Labute approximate surface area is 71.7 Å². The summed E-state index contributed by atoms with van der Waals surface area (Å²) in [6.07, 6.45) is 5.50. The van der Waals surface area contributed by atoms with E-state index in [2.05, 4.69) is 5.43 Å². The highest BCUT2D eigenvalue weighted by Gasteiger charge is 2.17. The van der Waals surface area contributed by atoms with Crippen molar-refractivity contribution in [1.29, 1.82) is 0 Å². The molecule has 5 nitrogen and oxygen atoms in total. The third-order valence-electron chi connectivity index (χ3n) is 2.02. The molecule has 0 saturated heterocycles. The molecule has 0 atom stereocenters. The minimum absolute atomic E-state index is 0.214. The minimum atomic E-state index is -4.09. The molecule has 72 valence electrons. The summed E-state index contributed by atoms with van der Waals surface area (Å²) in [5.41, 5.74) is 2.65. The van der Waals surface area contributed by atoms with Gasteiger partial charge in [-0.25, -0.2) is 9.99 Å². The summed E-state index contributed by atoms with van der Waals surface area (Å²) in [5, 5.41) is 2.01. The number of rotatable bonds is 3. The third-order valence-corrected chi connectivity index (χ3v) is 2.44. The second-order valence-corrected chi connectivity index (χ2v) is 4.45. The Balaban J connectivity index is 2.17. The molecule has 0 aromatic rings. The molecular formula is C6H15N2O3P. The van der Waals surface area contributed by atoms with Gasteiger partial charge in [-0.15, -0.1) is 0 Å². The van der Waals surface area contributed by atoms with Gasteiger partial charge in [-0.2, -0.15) is 5.20 Å². The van der Waals surface area contributed by atoms with Crippen LogP contribution in [0.4, 0.5) is 0 Å². The number of hydrogen-bond donors (Lipinski definition) is 4. The largest absolute Gasteiger partial charge is 0.413 e. The maximum atomic E-state index is 10.4. The Kier molecular flexibility index (Phi) is 3.68. The fraction of sp³-hybridized carbons (Fsp3) is 1.00. The summed E-state index contributed by atoms with van der Waals surface area (Å²) in [6.45, 7) is 0. The average Bonchev–Trinajstić information content (AvgIpc) is 2.02. The molecule has 1 aliphatic carbocycles. The molecule has 0 unspecified atom stereocenters. The standard InChI is InChI=1S/C6H15N2O3P/c9-12(10,11)8-7-6-4-2-1-3-5-6/h6-7H,1-5H2,(H3,8,9,10,11). The molecule has 0 spiro atoms. The van der Waals surface area contributed by atoms with Gasteiger partial charge in [-0.3, -0.25) is 0 Å². The van der Waals surface area contributed by atoms with Gasteiger partial charge in [0.05, 0.1) is 0 Å². The lowest BCUT2D eigenvalue weighted by molar-refractivity contribution is 0.311. The summed E-state index contributed by atoms with van der Waals surface area (Å²) in [6, 6.07) is 0.214. The van der Waals surface area contributed by atoms with Crippen LogP contribution in [0.1, 0.15) is 32.1 Å². The van der Waals surface area contributed by atoms with E-state index in [0.29, 0.717) is 0 Å². The van der Waals surface area contributed by atoms with Gasteiger partial charge in [-0.05, 0) is 12.8 Å². The summed E-state index contributed by atoms with van der Waals surface area (Å²) >= 11 is 0. The lowest BCUT2D eigenvalue weighted by atomic mass is 9.96. The quantitative estimate of drug-likeness (QED) is 0.388. The maximum absolute atomic E-state index is 10.4. The molecule has 6 heteroatoms. The summed E-state index contributed by atoms with van der Waals surface area (Å²) in [5.74, 6) is 0. The van der Waals surface area contributed by atoms with Gasteiger partial charge >= 0.3 is 7.75 Å². The Morgan fingerprint density at radius 1 is 1.17 bits per heavy atom. The molecule has 0 heterocycles. The van der Waals surface area contributed by atoms with E-state index in [9.17, 15) is 4.57 Å². The zero-order valence-electron chi connectivity index (χ0n) is 6.86. The Morgan fingerprint density at radius 3 is 2.25 bits per heavy atom. The normalized spacial score (nSPS) is 21.2. The number of nitrogens with one attached hydrogen (secondary N) is 2. The van der Waals surface area contributed by atoms with Gasteiger partial charge in [0.25, 0.3) is 0 Å². The monoisotopic (exact) mass is 194 g/mol. The van der Waals surface area contributed by atoms with Crippen molar-refractivity contribution in [2.24, 2.45) is 0 Å². The van der Waals surface area contributed by atoms with E-state index in [1.807, 2.05) is 5.20 Å². The number of hydrazine groups is 1. The molecule has 0 bridgehead atoms. The van der Waals surface area contributed by atoms with E-state index < -0.39 is 7.75 Å². The van der Waals surface area contributed by atoms with E-state index >= 15 is 0 Å². The molecule has 12 heavy (non-hydrogen) atoms. The molecule has 0 radical (unpaired) electrons. The van der Waals surface area contributed by atoms with Crippen LogP contribution in [0, 0.1) is 0 Å². The van der Waals surface area contributed by atoms with Crippen LogP contribution in [0.2, 0.25) is 0 Å². The van der Waals surface area contributed by atoms with Crippen LogP contribution in [0.15, 0.2) is 0 Å². The van der Waals surface area contributed by atoms with Gasteiger partial charge in [0, 0.05) is 6.04 Å². The van der Waals surface area contributed by atoms with Crippen LogP contribution < -0.4 is 10.6 Å². The second-order valence-electron chi connectivity index (χ2n) is 3.14. The van der Waals surface area contributed by atoms with Gasteiger partial charge in [0.1, 0.15) is 0 Å². The van der Waals surface area contributed by atoms with Gasteiger partial charge in [0.2, 0.25) is 0 Å². The van der Waals surface area contributed by atoms with E-state index in [0.717, 1.165) is 25.7 Å². The first-order valence-electron chi connectivity index (χ1n) is 4.16. The van der Waals surface area contributed by atoms with Crippen molar-refractivity contribution in [3.05, 3.63) is 0 Å². The smallest absolute Gasteiger partial charge is 0.312 e. The molecule has 0 aromatic carbocycles. The first kappa shape index (κ1) is 10.2. The molecule has 1 aliphatic rings. The second kappa shape index (κ2) is 4.35. The highest BCUT2D eigenvalue weighted by molar-refractivity contribution is 7.49. The lowest BCUT2D eigenvalue weighted by Gasteiger charge is -2.23. The minimum Gasteiger partial charge on any atom is -0.312 e. The van der Waals surface area contributed by atoms with Crippen molar-refractivity contribution in [3.8, 4) is 0 Å². The molecule has 1 fully saturated rings. The Morgan fingerprint density at radius 2 is 1.75 bits per heavy atom. The van der Waals surface area contributed by atoms with Crippen molar-refractivity contribution < 1.29 is 14.4 Å². The average molecular weight is 194 g/mol.